The van der Waals surface area contributed by atoms with E-state index in [4.69, 9.17) is 21.4 Å². The van der Waals surface area contributed by atoms with Crippen molar-refractivity contribution in [1.82, 2.24) is 30.0 Å². The maximum Gasteiger partial charge on any atom is 0.251 e. The predicted molar refractivity (Wildman–Crippen MR) is 138 cm³/mol. The molecule has 1 saturated heterocycles. The van der Waals surface area contributed by atoms with Crippen LogP contribution in [0, 0.1) is 5.92 Å². The Morgan fingerprint density at radius 2 is 2.09 bits per heavy atom. The highest BCUT2D eigenvalue weighted by atomic mass is 35.5. The van der Waals surface area contributed by atoms with E-state index in [2.05, 4.69) is 32.0 Å². The van der Waals surface area contributed by atoms with E-state index in [1.54, 1.807) is 6.07 Å². The predicted octanol–water partition coefficient (Wildman–Crippen LogP) is 4.87. The van der Waals surface area contributed by atoms with Gasteiger partial charge in [0, 0.05) is 36.2 Å². The molecule has 10 heteroatoms. The Bertz CT molecular complexity index is 1430. The van der Waals surface area contributed by atoms with E-state index in [-0.39, 0.29) is 11.4 Å². The minimum Gasteiger partial charge on any atom is -0.381 e. The van der Waals surface area contributed by atoms with E-state index in [1.807, 2.05) is 37.6 Å². The van der Waals surface area contributed by atoms with Crippen LogP contribution in [0.25, 0.3) is 33.3 Å². The van der Waals surface area contributed by atoms with Gasteiger partial charge in [-0.25, -0.2) is 19.6 Å². The monoisotopic (exact) mass is 493 g/mol. The summed E-state index contributed by atoms with van der Waals surface area (Å²) in [5.74, 6) is 0.770. The largest absolute Gasteiger partial charge is 0.381 e. The average molecular weight is 494 g/mol. The summed E-state index contributed by atoms with van der Waals surface area (Å²) in [5.41, 5.74) is 2.83. The third kappa shape index (κ3) is 4.30. The van der Waals surface area contributed by atoms with Crippen LogP contribution in [0.15, 0.2) is 29.5 Å². The molecule has 1 fully saturated rings. The first-order valence-electron chi connectivity index (χ1n) is 11.7. The van der Waals surface area contributed by atoms with Crippen molar-refractivity contribution in [3.05, 3.63) is 35.1 Å². The number of aromatic amines is 1. The molecule has 0 atom stereocenters. The van der Waals surface area contributed by atoms with Crippen LogP contribution in [0.1, 0.15) is 44.0 Å². The lowest BCUT2D eigenvalue weighted by Gasteiger charge is -2.22. The van der Waals surface area contributed by atoms with E-state index < -0.39 is 0 Å². The number of carbonyl (C=O) groups is 1. The van der Waals surface area contributed by atoms with Crippen molar-refractivity contribution in [2.75, 3.05) is 19.8 Å². The van der Waals surface area contributed by atoms with E-state index in [0.717, 1.165) is 37.0 Å². The number of benzene rings is 1. The van der Waals surface area contributed by atoms with Crippen molar-refractivity contribution in [1.29, 1.82) is 0 Å². The van der Waals surface area contributed by atoms with E-state index in [9.17, 15) is 4.79 Å². The minimum absolute atomic E-state index is 0.111. The normalized spacial score (nSPS) is 15.1. The highest BCUT2D eigenvalue weighted by Gasteiger charge is 2.27. The molecule has 1 amide bonds. The van der Waals surface area contributed by atoms with Crippen LogP contribution in [0.3, 0.4) is 0 Å². The van der Waals surface area contributed by atoms with Crippen LogP contribution in [-0.2, 0) is 10.3 Å². The topological polar surface area (TPSA) is 110 Å². The maximum atomic E-state index is 12.8. The fourth-order valence-corrected chi connectivity index (χ4v) is 4.76. The Hall–Kier alpha value is -3.30. The summed E-state index contributed by atoms with van der Waals surface area (Å²) in [6.45, 7) is 12.0. The second-order valence-electron chi connectivity index (χ2n) is 9.83. The number of hydrogen-bond donors (Lipinski definition) is 2. The number of fused-ring (bicyclic) bond motifs is 2. The molecule has 0 unspecified atom stereocenters. The second kappa shape index (κ2) is 9.05. The zero-order valence-electron chi connectivity index (χ0n) is 20.1. The molecule has 2 N–H and O–H groups in total. The summed E-state index contributed by atoms with van der Waals surface area (Å²) in [7, 11) is 0. The van der Waals surface area contributed by atoms with Crippen molar-refractivity contribution in [3.63, 3.8) is 0 Å². The van der Waals surface area contributed by atoms with E-state index in [1.165, 1.54) is 6.33 Å². The molecule has 0 bridgehead atoms. The van der Waals surface area contributed by atoms with E-state index in [0.29, 0.717) is 51.3 Å². The van der Waals surface area contributed by atoms with Crippen LogP contribution in [0.5, 0.6) is 0 Å². The standard InChI is InChI=1S/C25H28ClN7O2/c1-25(2,3)33-23-18(22(27-4)29-13-30-23)20(32-33)21-19(26)16-6-5-15(11-17(16)31-21)24(34)28-12-14-7-9-35-10-8-14/h5-6,11,13-14,31H,4,7-10,12H2,1-3H3,(H,28,34). The Labute approximate surface area is 208 Å². The molecule has 4 heterocycles. The first-order chi connectivity index (χ1) is 16.8. The van der Waals surface area contributed by atoms with Gasteiger partial charge in [-0.15, -0.1) is 0 Å². The number of H-pyrrole nitrogens is 1. The Morgan fingerprint density at radius 1 is 1.31 bits per heavy atom. The summed E-state index contributed by atoms with van der Waals surface area (Å²) >= 11 is 6.83. The number of amides is 1. The number of ether oxygens (including phenoxy) is 1. The van der Waals surface area contributed by atoms with Crippen molar-refractivity contribution >= 4 is 52.0 Å². The number of nitrogens with zero attached hydrogens (tertiary/aromatic N) is 5. The first kappa shape index (κ1) is 23.4. The number of aromatic nitrogens is 5. The molecule has 1 aromatic carbocycles. The highest BCUT2D eigenvalue weighted by molar-refractivity contribution is 6.38. The third-order valence-electron chi connectivity index (χ3n) is 6.36. The molecular weight excluding hydrogens is 466 g/mol. The quantitative estimate of drug-likeness (QED) is 0.385. The lowest BCUT2D eigenvalue weighted by molar-refractivity contribution is 0.0642. The molecule has 1 aliphatic rings. The number of aliphatic imine (C=N–C) groups is 1. The zero-order valence-corrected chi connectivity index (χ0v) is 20.8. The molecule has 182 valence electrons. The molecule has 5 rings (SSSR count). The van der Waals surface area contributed by atoms with Crippen molar-refractivity contribution in [2.45, 2.75) is 39.2 Å². The summed E-state index contributed by atoms with van der Waals surface area (Å²) in [5, 5.41) is 9.88. The number of rotatable bonds is 5. The Kier molecular flexibility index (Phi) is 6.06. The number of hydrogen-bond acceptors (Lipinski definition) is 6. The molecule has 1 aliphatic heterocycles. The van der Waals surface area contributed by atoms with Gasteiger partial charge in [0.25, 0.3) is 5.91 Å². The summed E-state index contributed by atoms with van der Waals surface area (Å²) in [4.78, 5) is 29.0. The van der Waals surface area contributed by atoms with Crippen LogP contribution in [0.4, 0.5) is 5.82 Å². The maximum absolute atomic E-state index is 12.8. The van der Waals surface area contributed by atoms with Crippen molar-refractivity contribution in [3.8, 4) is 11.4 Å². The molecule has 9 nitrogen and oxygen atoms in total. The van der Waals surface area contributed by atoms with Gasteiger partial charge in [-0.05, 0) is 58.4 Å². The molecule has 0 radical (unpaired) electrons. The van der Waals surface area contributed by atoms with Gasteiger partial charge in [0.05, 0.1) is 21.6 Å². The molecule has 0 aliphatic carbocycles. The molecule has 4 aromatic rings. The molecular formula is C25H28ClN7O2. The summed E-state index contributed by atoms with van der Waals surface area (Å²) in [6, 6.07) is 5.46. The fraction of sp³-hybridized carbons (Fsp3) is 0.400. The van der Waals surface area contributed by atoms with Crippen LogP contribution in [-0.4, -0.2) is 57.1 Å². The fourth-order valence-electron chi connectivity index (χ4n) is 4.46. The molecule has 0 saturated carbocycles. The first-order valence-corrected chi connectivity index (χ1v) is 12.0. The lowest BCUT2D eigenvalue weighted by atomic mass is 10.0. The smallest absolute Gasteiger partial charge is 0.251 e. The Balaban J connectivity index is 1.54. The Morgan fingerprint density at radius 3 is 2.80 bits per heavy atom. The van der Waals surface area contributed by atoms with Gasteiger partial charge in [0.15, 0.2) is 11.5 Å². The summed E-state index contributed by atoms with van der Waals surface area (Å²) in [6.07, 6.45) is 3.39. The van der Waals surface area contributed by atoms with Gasteiger partial charge < -0.3 is 15.0 Å². The number of halogens is 1. The molecule has 0 spiro atoms. The van der Waals surface area contributed by atoms with Gasteiger partial charge >= 0.3 is 0 Å². The van der Waals surface area contributed by atoms with Crippen molar-refractivity contribution < 1.29 is 9.53 Å². The SMILES string of the molecule is C=Nc1ncnc2c1c(-c1[nH]c3cc(C(=O)NCC4CCOCC4)ccc3c1Cl)nn2C(C)(C)C. The van der Waals surface area contributed by atoms with Gasteiger partial charge in [0.2, 0.25) is 0 Å². The van der Waals surface area contributed by atoms with Gasteiger partial charge in [-0.3, -0.25) is 4.79 Å². The van der Waals surface area contributed by atoms with Crippen molar-refractivity contribution in [2.24, 2.45) is 10.9 Å². The molecule has 3 aromatic heterocycles. The highest BCUT2D eigenvalue weighted by Crippen LogP contribution is 2.40. The van der Waals surface area contributed by atoms with Gasteiger partial charge in [0.1, 0.15) is 12.0 Å². The minimum atomic E-state index is -0.336. The summed E-state index contributed by atoms with van der Waals surface area (Å²) < 4.78 is 7.24. The van der Waals surface area contributed by atoms with E-state index >= 15 is 0 Å². The molecule has 35 heavy (non-hydrogen) atoms. The van der Waals surface area contributed by atoms with Crippen LogP contribution in [0.2, 0.25) is 5.02 Å². The third-order valence-corrected chi connectivity index (χ3v) is 6.75. The van der Waals surface area contributed by atoms with Gasteiger partial charge in [-0.1, -0.05) is 17.7 Å². The average Bonchev–Trinajstić information content (AvgIpc) is 3.41. The lowest BCUT2D eigenvalue weighted by Crippen LogP contribution is -2.32. The number of carbonyl (C=O) groups excluding carboxylic acids is 1. The van der Waals surface area contributed by atoms with Crippen LogP contribution >= 0.6 is 11.6 Å². The number of nitrogens with one attached hydrogen (secondary N) is 2. The van der Waals surface area contributed by atoms with Crippen LogP contribution < -0.4 is 5.32 Å². The zero-order chi connectivity index (χ0) is 24.7. The van der Waals surface area contributed by atoms with Gasteiger partial charge in [-0.2, -0.15) is 5.10 Å². The second-order valence-corrected chi connectivity index (χ2v) is 10.2.